The Kier molecular flexibility index (Phi) is 3.41. The first-order valence-corrected chi connectivity index (χ1v) is 15.9. The topological polar surface area (TPSA) is 26.8 Å². The Hall–Kier alpha value is -6.20. The van der Waals surface area contributed by atoms with Crippen LogP contribution in [0.5, 0.6) is 11.5 Å². The molecule has 0 saturated heterocycles. The van der Waals surface area contributed by atoms with Gasteiger partial charge in [0.2, 0.25) is 0 Å². The molecule has 13 rings (SSSR count). The van der Waals surface area contributed by atoms with Crippen molar-refractivity contribution < 1.29 is 13.9 Å². The van der Waals surface area contributed by atoms with E-state index in [0.29, 0.717) is 0 Å². The van der Waals surface area contributed by atoms with E-state index < -0.39 is 5.66 Å². The fourth-order valence-corrected chi connectivity index (χ4v) is 9.57. The second-order valence-corrected chi connectivity index (χ2v) is 12.9. The predicted molar refractivity (Wildman–Crippen MR) is 178 cm³/mol. The van der Waals surface area contributed by atoms with E-state index in [1.165, 1.54) is 82.8 Å². The molecule has 5 heteroatoms. The van der Waals surface area contributed by atoms with Gasteiger partial charge in [0.05, 0.1) is 17.8 Å². The molecule has 1 spiro atoms. The van der Waals surface area contributed by atoms with Crippen LogP contribution in [-0.2, 0) is 5.66 Å². The summed E-state index contributed by atoms with van der Waals surface area (Å²) in [5, 5.41) is 5.00. The van der Waals surface area contributed by atoms with Crippen LogP contribution in [0.15, 0.2) is 134 Å². The van der Waals surface area contributed by atoms with Gasteiger partial charge in [-0.15, -0.1) is 0 Å². The highest BCUT2D eigenvalue weighted by molar-refractivity contribution is 6.16. The summed E-state index contributed by atoms with van der Waals surface area (Å²) in [6.07, 6.45) is 4.56. The van der Waals surface area contributed by atoms with Crippen molar-refractivity contribution in [1.29, 1.82) is 0 Å². The van der Waals surface area contributed by atoms with Gasteiger partial charge in [-0.25, -0.2) is 0 Å². The molecule has 0 aliphatic carbocycles. The summed E-state index contributed by atoms with van der Waals surface area (Å²) in [5.41, 5.74) is 12.7. The number of rotatable bonds is 0. The van der Waals surface area contributed by atoms with E-state index in [4.69, 9.17) is 4.74 Å². The van der Waals surface area contributed by atoms with Gasteiger partial charge < -0.3 is 4.74 Å². The van der Waals surface area contributed by atoms with Gasteiger partial charge in [0.15, 0.2) is 11.2 Å². The molecule has 9 aromatic rings. The van der Waals surface area contributed by atoms with Crippen molar-refractivity contribution in [1.82, 2.24) is 9.13 Å². The number of pyridine rings is 2. The van der Waals surface area contributed by atoms with Crippen LogP contribution in [0, 0.1) is 0 Å². The lowest BCUT2D eigenvalue weighted by atomic mass is 9.80. The maximum atomic E-state index is 7.05. The van der Waals surface area contributed by atoms with Crippen molar-refractivity contribution >= 4 is 43.7 Å². The zero-order chi connectivity index (χ0) is 29.5. The summed E-state index contributed by atoms with van der Waals surface area (Å²) < 4.78 is 17.1. The van der Waals surface area contributed by atoms with Gasteiger partial charge in [0.1, 0.15) is 33.7 Å². The van der Waals surface area contributed by atoms with Crippen LogP contribution < -0.4 is 13.9 Å². The van der Waals surface area contributed by atoms with Gasteiger partial charge in [0, 0.05) is 33.4 Å². The lowest BCUT2D eigenvalue weighted by Gasteiger charge is -2.41. The number of nitrogens with zero attached hydrogens (tertiary/aromatic N) is 4. The van der Waals surface area contributed by atoms with Crippen molar-refractivity contribution in [3.8, 4) is 45.3 Å². The van der Waals surface area contributed by atoms with Gasteiger partial charge in [-0.3, -0.25) is 0 Å². The van der Waals surface area contributed by atoms with Crippen LogP contribution in [0.4, 0.5) is 0 Å². The number of hydrogen-bond donors (Lipinski definition) is 0. The van der Waals surface area contributed by atoms with E-state index in [0.717, 1.165) is 17.3 Å². The molecule has 4 aliphatic rings. The summed E-state index contributed by atoms with van der Waals surface area (Å²) in [6.45, 7) is 0. The number of hydrogen-bond acceptors (Lipinski definition) is 1. The Morgan fingerprint density at radius 2 is 1.20 bits per heavy atom. The Balaban J connectivity index is 1.39. The average molecular weight is 587 g/mol. The fraction of sp³-hybridized carbons (Fsp3) is 0.0244. The zero-order valence-corrected chi connectivity index (χ0v) is 24.4. The van der Waals surface area contributed by atoms with Crippen LogP contribution >= 0.6 is 0 Å². The highest BCUT2D eigenvalue weighted by Crippen LogP contribution is 2.58. The monoisotopic (exact) mass is 586 g/mol. The van der Waals surface area contributed by atoms with Crippen molar-refractivity contribution in [2.75, 3.05) is 0 Å². The van der Waals surface area contributed by atoms with Crippen molar-refractivity contribution in [3.63, 3.8) is 0 Å². The molecule has 46 heavy (non-hydrogen) atoms. The summed E-state index contributed by atoms with van der Waals surface area (Å²) in [4.78, 5) is 0. The first kappa shape index (κ1) is 22.3. The first-order valence-electron chi connectivity index (χ1n) is 15.9. The van der Waals surface area contributed by atoms with Crippen molar-refractivity contribution in [2.45, 2.75) is 5.66 Å². The van der Waals surface area contributed by atoms with Gasteiger partial charge >= 0.3 is 5.66 Å². The molecular weight excluding hydrogens is 564 g/mol. The van der Waals surface area contributed by atoms with Crippen LogP contribution in [0.3, 0.4) is 0 Å². The predicted octanol–water partition coefficient (Wildman–Crippen LogP) is 8.13. The van der Waals surface area contributed by atoms with Gasteiger partial charge in [0.25, 0.3) is 11.5 Å². The van der Waals surface area contributed by atoms with Crippen LogP contribution in [0.1, 0.15) is 11.1 Å². The summed E-state index contributed by atoms with van der Waals surface area (Å²) >= 11 is 0. The lowest BCUT2D eigenvalue weighted by Crippen LogP contribution is -2.78. The quantitative estimate of drug-likeness (QED) is 0.165. The third-order valence-electron chi connectivity index (χ3n) is 11.1. The third kappa shape index (κ3) is 2.08. The Morgan fingerprint density at radius 1 is 0.478 bits per heavy atom. The molecule has 4 aliphatic heterocycles. The number of fused-ring (bicyclic) bond motifs is 9. The molecule has 8 heterocycles. The molecule has 4 aromatic heterocycles. The number of para-hydroxylation sites is 2. The first-order chi connectivity index (χ1) is 22.9. The summed E-state index contributed by atoms with van der Waals surface area (Å²) in [6, 6.07) is 44.5. The highest BCUT2D eigenvalue weighted by atomic mass is 16.5. The van der Waals surface area contributed by atoms with Crippen LogP contribution in [0.2, 0.25) is 0 Å². The lowest BCUT2D eigenvalue weighted by molar-refractivity contribution is -0.961. The van der Waals surface area contributed by atoms with Crippen LogP contribution in [0.25, 0.3) is 77.5 Å². The Labute approximate surface area is 262 Å². The smallest absolute Gasteiger partial charge is 0.321 e. The second kappa shape index (κ2) is 7.03. The Morgan fingerprint density at radius 3 is 2.15 bits per heavy atom. The molecule has 0 amide bonds. The third-order valence-corrected chi connectivity index (χ3v) is 11.1. The minimum absolute atomic E-state index is 0.738. The molecule has 0 radical (unpaired) electrons. The summed E-state index contributed by atoms with van der Waals surface area (Å²) in [7, 11) is 0. The van der Waals surface area contributed by atoms with E-state index in [1.807, 2.05) is 0 Å². The maximum Gasteiger partial charge on any atom is 0.321 e. The van der Waals surface area contributed by atoms with Crippen LogP contribution in [-0.4, -0.2) is 9.13 Å². The largest absolute Gasteiger partial charge is 0.456 e. The minimum Gasteiger partial charge on any atom is -0.456 e. The van der Waals surface area contributed by atoms with Crippen molar-refractivity contribution in [3.05, 3.63) is 145 Å². The van der Waals surface area contributed by atoms with E-state index in [-0.39, 0.29) is 0 Å². The number of aromatic nitrogens is 4. The minimum atomic E-state index is -0.738. The molecular formula is C41H22N4O+2. The van der Waals surface area contributed by atoms with Crippen molar-refractivity contribution in [2.24, 2.45) is 0 Å². The molecule has 1 atom stereocenters. The maximum absolute atomic E-state index is 7.05. The molecule has 0 saturated carbocycles. The normalized spacial score (nSPS) is 17.0. The van der Waals surface area contributed by atoms with E-state index in [1.54, 1.807) is 0 Å². The fourth-order valence-electron chi connectivity index (χ4n) is 9.57. The van der Waals surface area contributed by atoms with Gasteiger partial charge in [-0.2, -0.15) is 18.3 Å². The second-order valence-electron chi connectivity index (χ2n) is 12.9. The standard InChI is InChI=1S/C41H22N4O/c1-2-10-24-23(9-1)26-12-7-13-27-30-14-8-22-43-40(30)45(37(26)27)39-28(24)17-19-33-36(39)41(43)35-32(46-33)20-18-29-25-11-3-4-15-31(25)44(38(29)35)34-16-5-6-21-42(34)41/h1-22H/q+2. The highest BCUT2D eigenvalue weighted by Gasteiger charge is 2.64. The molecule has 0 bridgehead atoms. The summed E-state index contributed by atoms with van der Waals surface area (Å²) in [5.74, 6) is 2.92. The average Bonchev–Trinajstić information content (AvgIpc) is 3.60. The SMILES string of the molecule is c1ccc2c(c1)-c1ccc3c4c1-n1c5c-2cccc5c2ccc[n+](c21)C41c2c(ccc4c5ccccc5n(c24)-c2cccc[n+]21)O3. The van der Waals surface area contributed by atoms with E-state index >= 15 is 0 Å². The number of ether oxygens (including phenoxy) is 1. The van der Waals surface area contributed by atoms with Gasteiger partial charge in [-0.05, 0) is 71.8 Å². The zero-order valence-electron chi connectivity index (χ0n) is 24.4. The van der Waals surface area contributed by atoms with E-state index in [2.05, 4.69) is 152 Å². The molecule has 5 nitrogen and oxygen atoms in total. The molecule has 1 unspecified atom stereocenters. The molecule has 0 fully saturated rings. The number of benzene rings is 5. The Bertz CT molecular complexity index is 2960. The molecule has 5 aromatic carbocycles. The van der Waals surface area contributed by atoms with Gasteiger partial charge in [-0.1, -0.05) is 54.6 Å². The molecule has 0 N–H and O–H groups in total. The van der Waals surface area contributed by atoms with E-state index in [9.17, 15) is 0 Å². The molecule has 210 valence electrons.